The number of hydrogen-bond donors (Lipinski definition) is 3. The standard InChI is InChI=1S/C31H32N8O6/c1-38(2)13-7-12-33-21-15-24(43-4)22(14-19(21)27(28(32)42)30-44-25(40)10-11-26(41)45-30)36-31-35-17-34-29(37-31)20-16-39(3)23-9-6-5-8-18(20)23/h5-6,8-11,14-17,33H,7,12-13H2,1-4H3,(H2,32,42)(H,34,35,36,37). The van der Waals surface area contributed by atoms with Crippen LogP contribution in [-0.2, 0) is 30.9 Å². The fraction of sp³-hybridized carbons (Fsp3) is 0.226. The Kier molecular flexibility index (Phi) is 9.04. The zero-order chi connectivity index (χ0) is 32.1. The first-order valence-corrected chi connectivity index (χ1v) is 13.9. The summed E-state index contributed by atoms with van der Waals surface area (Å²) in [4.78, 5) is 52.6. The van der Waals surface area contributed by atoms with E-state index in [1.54, 1.807) is 12.1 Å². The molecule has 2 aromatic carbocycles. The van der Waals surface area contributed by atoms with E-state index in [0.29, 0.717) is 29.5 Å². The first kappa shape index (κ1) is 30.7. The summed E-state index contributed by atoms with van der Waals surface area (Å²) in [5, 5.41) is 7.39. The van der Waals surface area contributed by atoms with Crippen molar-refractivity contribution in [3.8, 4) is 17.1 Å². The number of aryl methyl sites for hydroxylation is 1. The van der Waals surface area contributed by atoms with Crippen molar-refractivity contribution in [3.63, 3.8) is 0 Å². The normalized spacial score (nSPS) is 13.0. The van der Waals surface area contributed by atoms with E-state index in [1.165, 1.54) is 13.4 Å². The van der Waals surface area contributed by atoms with Gasteiger partial charge in [0.2, 0.25) is 5.95 Å². The Morgan fingerprint density at radius 3 is 2.49 bits per heavy atom. The van der Waals surface area contributed by atoms with Gasteiger partial charge in [-0.2, -0.15) is 4.98 Å². The monoisotopic (exact) mass is 612 g/mol. The first-order valence-electron chi connectivity index (χ1n) is 13.9. The zero-order valence-electron chi connectivity index (χ0n) is 25.2. The highest BCUT2D eigenvalue weighted by molar-refractivity contribution is 6.21. The molecule has 1 amide bonds. The molecule has 0 saturated heterocycles. The number of benzene rings is 2. The number of carbonyl (C=O) groups excluding carboxylic acids is 3. The lowest BCUT2D eigenvalue weighted by molar-refractivity contribution is -0.145. The van der Waals surface area contributed by atoms with Gasteiger partial charge in [0.25, 0.3) is 5.91 Å². The second-order valence-corrected chi connectivity index (χ2v) is 10.3. The largest absolute Gasteiger partial charge is 0.494 e. The predicted octanol–water partition coefficient (Wildman–Crippen LogP) is 2.96. The van der Waals surface area contributed by atoms with Gasteiger partial charge in [-0.1, -0.05) is 18.2 Å². The summed E-state index contributed by atoms with van der Waals surface area (Å²) in [7, 11) is 7.34. The molecule has 0 aliphatic carbocycles. The fourth-order valence-corrected chi connectivity index (χ4v) is 4.80. The average molecular weight is 613 g/mol. The van der Waals surface area contributed by atoms with E-state index in [2.05, 4.69) is 25.6 Å². The number of fused-ring (bicyclic) bond motifs is 1. The van der Waals surface area contributed by atoms with E-state index in [9.17, 15) is 14.4 Å². The summed E-state index contributed by atoms with van der Waals surface area (Å²) in [6, 6.07) is 11.1. The van der Waals surface area contributed by atoms with E-state index >= 15 is 0 Å². The maximum Gasteiger partial charge on any atom is 0.338 e. The molecular weight excluding hydrogens is 580 g/mol. The van der Waals surface area contributed by atoms with Gasteiger partial charge in [0, 0.05) is 65.7 Å². The van der Waals surface area contributed by atoms with Gasteiger partial charge < -0.3 is 40.0 Å². The Morgan fingerprint density at radius 1 is 1.07 bits per heavy atom. The molecule has 2 aromatic heterocycles. The lowest BCUT2D eigenvalue weighted by Crippen LogP contribution is -2.20. The summed E-state index contributed by atoms with van der Waals surface area (Å²) in [5.41, 5.74) is 8.21. The molecule has 0 atom stereocenters. The van der Waals surface area contributed by atoms with Crippen molar-refractivity contribution in [2.75, 3.05) is 44.9 Å². The Bertz CT molecular complexity index is 1820. The highest BCUT2D eigenvalue weighted by atomic mass is 16.7. The number of nitrogens with one attached hydrogen (secondary N) is 2. The van der Waals surface area contributed by atoms with Crippen LogP contribution in [0.25, 0.3) is 27.9 Å². The van der Waals surface area contributed by atoms with Crippen LogP contribution in [0.15, 0.2) is 67.0 Å². The van der Waals surface area contributed by atoms with E-state index in [0.717, 1.165) is 41.6 Å². The summed E-state index contributed by atoms with van der Waals surface area (Å²) >= 11 is 0. The Balaban J connectivity index is 1.59. The third-order valence-corrected chi connectivity index (χ3v) is 6.86. The van der Waals surface area contributed by atoms with Crippen LogP contribution >= 0.6 is 0 Å². The minimum absolute atomic E-state index is 0.177. The number of anilines is 3. The molecule has 45 heavy (non-hydrogen) atoms. The summed E-state index contributed by atoms with van der Waals surface area (Å²) in [6.07, 6.45) is 5.86. The number of primary amides is 1. The highest BCUT2D eigenvalue weighted by Crippen LogP contribution is 2.38. The topological polar surface area (TPSA) is 176 Å². The van der Waals surface area contributed by atoms with Gasteiger partial charge in [0.05, 0.1) is 12.8 Å². The van der Waals surface area contributed by atoms with Gasteiger partial charge in [-0.05, 0) is 39.2 Å². The number of hydrogen-bond acceptors (Lipinski definition) is 12. The van der Waals surface area contributed by atoms with Crippen LogP contribution in [0.4, 0.5) is 17.3 Å². The number of para-hydroxylation sites is 1. The molecule has 232 valence electrons. The van der Waals surface area contributed by atoms with Crippen LogP contribution in [0.1, 0.15) is 12.0 Å². The second kappa shape index (κ2) is 13.3. The van der Waals surface area contributed by atoms with Crippen molar-refractivity contribution in [2.45, 2.75) is 6.42 Å². The summed E-state index contributed by atoms with van der Waals surface area (Å²) in [5.74, 6) is -2.47. The Morgan fingerprint density at radius 2 is 1.80 bits per heavy atom. The molecule has 0 fully saturated rings. The average Bonchev–Trinajstić information content (AvgIpc) is 3.25. The molecule has 0 spiro atoms. The molecule has 0 radical (unpaired) electrons. The minimum Gasteiger partial charge on any atom is -0.494 e. The second-order valence-electron chi connectivity index (χ2n) is 10.3. The number of esters is 2. The van der Waals surface area contributed by atoms with E-state index in [4.69, 9.17) is 19.9 Å². The van der Waals surface area contributed by atoms with Gasteiger partial charge >= 0.3 is 17.9 Å². The van der Waals surface area contributed by atoms with Gasteiger partial charge in [0.1, 0.15) is 17.6 Å². The van der Waals surface area contributed by atoms with Crippen LogP contribution < -0.4 is 21.1 Å². The highest BCUT2D eigenvalue weighted by Gasteiger charge is 2.28. The van der Waals surface area contributed by atoms with Crippen LogP contribution in [0.2, 0.25) is 0 Å². The van der Waals surface area contributed by atoms with Gasteiger partial charge in [-0.3, -0.25) is 4.79 Å². The quantitative estimate of drug-likeness (QED) is 0.128. The van der Waals surface area contributed by atoms with Gasteiger partial charge in [0.15, 0.2) is 5.82 Å². The maximum atomic E-state index is 12.9. The molecule has 3 heterocycles. The van der Waals surface area contributed by atoms with Crippen LogP contribution in [-0.4, -0.2) is 76.6 Å². The van der Waals surface area contributed by atoms with Crippen molar-refractivity contribution in [2.24, 2.45) is 12.8 Å². The maximum absolute atomic E-state index is 12.9. The van der Waals surface area contributed by atoms with Gasteiger partial charge in [-0.15, -0.1) is 0 Å². The lowest BCUT2D eigenvalue weighted by atomic mass is 10.0. The molecule has 14 nitrogen and oxygen atoms in total. The predicted molar refractivity (Wildman–Crippen MR) is 167 cm³/mol. The Labute approximate surface area is 258 Å². The van der Waals surface area contributed by atoms with Crippen molar-refractivity contribution < 1.29 is 28.6 Å². The number of nitrogens with two attached hydrogens (primary N) is 1. The SMILES string of the molecule is COc1cc(NCCCN(C)C)c(C(C(N)=O)=C2OC(=O)C=CC(=O)O2)cc1Nc1ncnc(-c2cn(C)c3ccccc23)n1. The van der Waals surface area contributed by atoms with E-state index < -0.39 is 23.8 Å². The van der Waals surface area contributed by atoms with Crippen molar-refractivity contribution in [3.05, 3.63) is 72.6 Å². The smallest absolute Gasteiger partial charge is 0.338 e. The molecule has 0 bridgehead atoms. The number of nitrogens with zero attached hydrogens (tertiary/aromatic N) is 5. The van der Waals surface area contributed by atoms with Crippen LogP contribution in [0.5, 0.6) is 5.75 Å². The van der Waals surface area contributed by atoms with Crippen molar-refractivity contribution in [1.82, 2.24) is 24.4 Å². The van der Waals surface area contributed by atoms with Gasteiger partial charge in [-0.25, -0.2) is 19.6 Å². The van der Waals surface area contributed by atoms with Crippen molar-refractivity contribution in [1.29, 1.82) is 0 Å². The molecule has 1 aliphatic rings. The zero-order valence-corrected chi connectivity index (χ0v) is 25.2. The number of carbonyl (C=O) groups is 3. The molecule has 0 unspecified atom stereocenters. The summed E-state index contributed by atoms with van der Waals surface area (Å²) < 4.78 is 18.0. The summed E-state index contributed by atoms with van der Waals surface area (Å²) in [6.45, 7) is 1.30. The number of rotatable bonds is 11. The number of amides is 1. The lowest BCUT2D eigenvalue weighted by Gasteiger charge is -2.19. The third kappa shape index (κ3) is 6.91. The van der Waals surface area contributed by atoms with E-state index in [-0.39, 0.29) is 17.1 Å². The van der Waals surface area contributed by atoms with Crippen molar-refractivity contribution >= 4 is 51.6 Å². The number of methoxy groups -OCH3 is 1. The molecule has 4 aromatic rings. The Hall–Kier alpha value is -5.76. The minimum atomic E-state index is -1.00. The molecular formula is C31H32N8O6. The fourth-order valence-electron chi connectivity index (χ4n) is 4.80. The first-order chi connectivity index (χ1) is 21.6. The van der Waals surface area contributed by atoms with Crippen LogP contribution in [0.3, 0.4) is 0 Å². The molecule has 5 rings (SSSR count). The number of aromatic nitrogens is 4. The molecule has 4 N–H and O–H groups in total. The molecule has 0 saturated carbocycles. The number of ether oxygens (including phenoxy) is 3. The third-order valence-electron chi connectivity index (χ3n) is 6.86. The van der Waals surface area contributed by atoms with E-state index in [1.807, 2.05) is 61.1 Å². The number of cyclic esters (lactones) is 2. The van der Waals surface area contributed by atoms with Crippen LogP contribution in [0, 0.1) is 0 Å². The molecule has 1 aliphatic heterocycles. The molecule has 14 heteroatoms.